The molecule has 2 N–H and O–H groups in total. The molecule has 0 radical (unpaired) electrons. The molecule has 6 heteroatoms. The lowest BCUT2D eigenvalue weighted by molar-refractivity contribution is -0.137. The average molecular weight is 288 g/mol. The third kappa shape index (κ3) is 4.23. The maximum absolute atomic E-state index is 12.5. The van der Waals surface area contributed by atoms with Crippen LogP contribution in [0.2, 0.25) is 0 Å². The normalized spacial score (nSPS) is 11.8. The van der Waals surface area contributed by atoms with Gasteiger partial charge in [-0.2, -0.15) is 13.2 Å². The molecule has 0 aliphatic rings. The molecule has 0 bridgehead atoms. The summed E-state index contributed by atoms with van der Waals surface area (Å²) in [4.78, 5) is 13.9. The molecule has 0 unspecified atom stereocenters. The highest BCUT2D eigenvalue weighted by Gasteiger charge is 2.30. The fraction of sp³-hybridized carbons (Fsp3) is 0.500. The van der Waals surface area contributed by atoms with Crippen molar-refractivity contribution in [1.82, 2.24) is 4.90 Å². The van der Waals surface area contributed by atoms with E-state index in [0.29, 0.717) is 19.5 Å². The lowest BCUT2D eigenvalue weighted by Crippen LogP contribution is -2.38. The third-order valence-electron chi connectivity index (χ3n) is 2.95. The van der Waals surface area contributed by atoms with Gasteiger partial charge in [-0.15, -0.1) is 0 Å². The van der Waals surface area contributed by atoms with Crippen LogP contribution in [0.5, 0.6) is 0 Å². The van der Waals surface area contributed by atoms with Crippen LogP contribution >= 0.6 is 0 Å². The van der Waals surface area contributed by atoms with Crippen molar-refractivity contribution < 1.29 is 18.0 Å². The smallest absolute Gasteiger partial charge is 0.336 e. The zero-order chi connectivity index (χ0) is 15.3. The fourth-order valence-corrected chi connectivity index (χ4v) is 1.82. The minimum atomic E-state index is -4.39. The number of nitrogens with zero attached hydrogens (tertiary/aromatic N) is 1. The third-order valence-corrected chi connectivity index (χ3v) is 2.95. The van der Waals surface area contributed by atoms with Gasteiger partial charge in [0.15, 0.2) is 0 Å². The summed E-state index contributed by atoms with van der Waals surface area (Å²) in [6.45, 7) is 4.68. The van der Waals surface area contributed by atoms with Crippen molar-refractivity contribution in [3.8, 4) is 0 Å². The van der Waals surface area contributed by atoms with Gasteiger partial charge in [0.2, 0.25) is 0 Å². The van der Waals surface area contributed by atoms with Crippen LogP contribution in [-0.2, 0) is 6.18 Å². The summed E-state index contributed by atoms with van der Waals surface area (Å²) in [7, 11) is 0. The summed E-state index contributed by atoms with van der Waals surface area (Å²) in [6.07, 6.45) is -3.73. The summed E-state index contributed by atoms with van der Waals surface area (Å²) in [5, 5.41) is 0. The van der Waals surface area contributed by atoms with Gasteiger partial charge in [0.05, 0.1) is 5.56 Å². The molecule has 0 saturated heterocycles. The standard InChI is InChI=1S/C14H19F3N2O/c1-10(2)19(9-3-8-18)13(20)11-4-6-12(7-5-11)14(15,16)17/h4-7,10H,3,8-9,18H2,1-2H3. The van der Waals surface area contributed by atoms with Crippen molar-refractivity contribution >= 4 is 5.91 Å². The Kier molecular flexibility index (Phi) is 5.56. The first-order valence-electron chi connectivity index (χ1n) is 6.45. The van der Waals surface area contributed by atoms with E-state index in [1.807, 2.05) is 13.8 Å². The second-order valence-electron chi connectivity index (χ2n) is 4.81. The number of hydrogen-bond acceptors (Lipinski definition) is 2. The van der Waals surface area contributed by atoms with Crippen molar-refractivity contribution in [2.45, 2.75) is 32.5 Å². The first kappa shape index (κ1) is 16.5. The molecule has 1 aromatic carbocycles. The summed E-state index contributed by atoms with van der Waals surface area (Å²) >= 11 is 0. The van der Waals surface area contributed by atoms with E-state index in [2.05, 4.69) is 0 Å². The molecule has 112 valence electrons. The quantitative estimate of drug-likeness (QED) is 0.905. The van der Waals surface area contributed by atoms with Gasteiger partial charge in [0.25, 0.3) is 5.91 Å². The Morgan fingerprint density at radius 3 is 2.20 bits per heavy atom. The molecule has 0 saturated carbocycles. The van der Waals surface area contributed by atoms with E-state index in [1.54, 1.807) is 4.90 Å². The lowest BCUT2D eigenvalue weighted by atomic mass is 10.1. The maximum Gasteiger partial charge on any atom is 0.416 e. The van der Waals surface area contributed by atoms with Crippen LogP contribution in [0, 0.1) is 0 Å². The number of amides is 1. The van der Waals surface area contributed by atoms with E-state index < -0.39 is 11.7 Å². The van der Waals surface area contributed by atoms with Crippen molar-refractivity contribution in [3.05, 3.63) is 35.4 Å². The van der Waals surface area contributed by atoms with Crippen molar-refractivity contribution in [2.75, 3.05) is 13.1 Å². The number of hydrogen-bond donors (Lipinski definition) is 1. The highest BCUT2D eigenvalue weighted by molar-refractivity contribution is 5.94. The SMILES string of the molecule is CC(C)N(CCCN)C(=O)c1ccc(C(F)(F)F)cc1. The predicted octanol–water partition coefficient (Wildman–Crippen LogP) is 2.90. The van der Waals surface area contributed by atoms with Gasteiger partial charge in [0, 0.05) is 18.2 Å². The minimum absolute atomic E-state index is 0.0312. The van der Waals surface area contributed by atoms with Crippen LogP contribution in [0.25, 0.3) is 0 Å². The molecule has 0 atom stereocenters. The molecule has 0 fully saturated rings. The first-order valence-corrected chi connectivity index (χ1v) is 6.45. The number of alkyl halides is 3. The van der Waals surface area contributed by atoms with Crippen molar-refractivity contribution in [2.24, 2.45) is 5.73 Å². The molecule has 1 aromatic rings. The highest BCUT2D eigenvalue weighted by atomic mass is 19.4. The van der Waals surface area contributed by atoms with Crippen LogP contribution in [0.1, 0.15) is 36.2 Å². The average Bonchev–Trinajstić information content (AvgIpc) is 2.37. The number of carbonyl (C=O) groups is 1. The lowest BCUT2D eigenvalue weighted by Gasteiger charge is -2.26. The number of rotatable bonds is 5. The van der Waals surface area contributed by atoms with Crippen LogP contribution in [0.3, 0.4) is 0 Å². The molecular formula is C14H19F3N2O. The molecule has 0 aliphatic heterocycles. The molecule has 20 heavy (non-hydrogen) atoms. The Balaban J connectivity index is 2.89. The van der Waals surface area contributed by atoms with Gasteiger partial charge in [-0.1, -0.05) is 0 Å². The van der Waals surface area contributed by atoms with E-state index in [-0.39, 0.29) is 17.5 Å². The minimum Gasteiger partial charge on any atom is -0.336 e. The second kappa shape index (κ2) is 6.74. The van der Waals surface area contributed by atoms with Crippen LogP contribution in [0.15, 0.2) is 24.3 Å². The van der Waals surface area contributed by atoms with Gasteiger partial charge in [-0.25, -0.2) is 0 Å². The van der Waals surface area contributed by atoms with Crippen LogP contribution in [-0.4, -0.2) is 29.9 Å². The van der Waals surface area contributed by atoms with Crippen LogP contribution in [0.4, 0.5) is 13.2 Å². The van der Waals surface area contributed by atoms with Crippen molar-refractivity contribution in [1.29, 1.82) is 0 Å². The second-order valence-corrected chi connectivity index (χ2v) is 4.81. The summed E-state index contributed by atoms with van der Waals surface area (Å²) in [5.74, 6) is -0.276. The van der Waals surface area contributed by atoms with Crippen molar-refractivity contribution in [3.63, 3.8) is 0 Å². The van der Waals surface area contributed by atoms with E-state index in [9.17, 15) is 18.0 Å². The Bertz CT molecular complexity index is 441. The molecule has 3 nitrogen and oxygen atoms in total. The summed E-state index contributed by atoms with van der Waals surface area (Å²) < 4.78 is 37.4. The topological polar surface area (TPSA) is 46.3 Å². The zero-order valence-corrected chi connectivity index (χ0v) is 11.6. The van der Waals surface area contributed by atoms with E-state index in [1.165, 1.54) is 12.1 Å². The van der Waals surface area contributed by atoms with Crippen LogP contribution < -0.4 is 5.73 Å². The van der Waals surface area contributed by atoms with E-state index in [4.69, 9.17) is 5.73 Å². The fourth-order valence-electron chi connectivity index (χ4n) is 1.82. The number of halogens is 3. The Morgan fingerprint density at radius 2 is 1.80 bits per heavy atom. The summed E-state index contributed by atoms with van der Waals surface area (Å²) in [5.41, 5.74) is 4.92. The number of carbonyl (C=O) groups excluding carboxylic acids is 1. The molecule has 0 heterocycles. The maximum atomic E-state index is 12.5. The first-order chi connectivity index (χ1) is 9.27. The molecule has 1 rings (SSSR count). The molecule has 0 aliphatic carbocycles. The molecule has 1 amide bonds. The van der Waals surface area contributed by atoms with E-state index >= 15 is 0 Å². The molecule has 0 aromatic heterocycles. The summed E-state index contributed by atoms with van der Waals surface area (Å²) in [6, 6.07) is 4.24. The zero-order valence-electron chi connectivity index (χ0n) is 11.6. The Labute approximate surface area is 116 Å². The van der Waals surface area contributed by atoms with Gasteiger partial charge >= 0.3 is 6.18 Å². The number of benzene rings is 1. The molecular weight excluding hydrogens is 269 g/mol. The highest BCUT2D eigenvalue weighted by Crippen LogP contribution is 2.29. The van der Waals surface area contributed by atoms with Gasteiger partial charge in [0.1, 0.15) is 0 Å². The molecule has 0 spiro atoms. The van der Waals surface area contributed by atoms with Gasteiger partial charge < -0.3 is 10.6 Å². The predicted molar refractivity (Wildman–Crippen MR) is 71.3 cm³/mol. The Morgan fingerprint density at radius 1 is 1.25 bits per heavy atom. The monoisotopic (exact) mass is 288 g/mol. The Hall–Kier alpha value is -1.56. The van der Waals surface area contributed by atoms with Gasteiger partial charge in [-0.05, 0) is 51.1 Å². The van der Waals surface area contributed by atoms with Gasteiger partial charge in [-0.3, -0.25) is 4.79 Å². The van der Waals surface area contributed by atoms with E-state index in [0.717, 1.165) is 12.1 Å². The number of nitrogens with two attached hydrogens (primary N) is 1. The largest absolute Gasteiger partial charge is 0.416 e.